The van der Waals surface area contributed by atoms with Crippen LogP contribution in [0.25, 0.3) is 0 Å². The summed E-state index contributed by atoms with van der Waals surface area (Å²) in [5.41, 5.74) is 6.79. The number of nitrogens with one attached hydrogen (secondary N) is 1. The lowest BCUT2D eigenvalue weighted by Crippen LogP contribution is -2.30. The normalized spacial score (nSPS) is 11.3. The maximum atomic E-state index is 12.7. The molecule has 0 unspecified atom stereocenters. The quantitative estimate of drug-likeness (QED) is 0.582. The van der Waals surface area contributed by atoms with E-state index in [9.17, 15) is 13.2 Å². The van der Waals surface area contributed by atoms with E-state index in [1.165, 1.54) is 10.6 Å². The molecule has 162 valence electrons. The van der Waals surface area contributed by atoms with E-state index in [4.69, 9.17) is 0 Å². The summed E-state index contributed by atoms with van der Waals surface area (Å²) in [5.74, 6) is -0.199. The van der Waals surface area contributed by atoms with Gasteiger partial charge in [0.2, 0.25) is 10.0 Å². The predicted octanol–water partition coefficient (Wildman–Crippen LogP) is 5.14. The molecule has 1 amide bonds. The number of hydrogen-bond donors (Lipinski definition) is 1. The van der Waals surface area contributed by atoms with Gasteiger partial charge in [0.1, 0.15) is 0 Å². The maximum Gasteiger partial charge on any atom is 0.255 e. The van der Waals surface area contributed by atoms with Crippen LogP contribution in [0.4, 0.5) is 11.4 Å². The van der Waals surface area contributed by atoms with Crippen molar-refractivity contribution >= 4 is 27.3 Å². The zero-order valence-corrected chi connectivity index (χ0v) is 19.4. The number of benzene rings is 3. The summed E-state index contributed by atoms with van der Waals surface area (Å²) in [5, 5.41) is 2.95. The molecule has 0 fully saturated rings. The zero-order valence-electron chi connectivity index (χ0n) is 18.6. The van der Waals surface area contributed by atoms with Gasteiger partial charge in [-0.25, -0.2) is 8.42 Å². The Morgan fingerprint density at radius 2 is 1.58 bits per heavy atom. The van der Waals surface area contributed by atoms with Crippen molar-refractivity contribution in [3.63, 3.8) is 0 Å². The van der Waals surface area contributed by atoms with Crippen molar-refractivity contribution in [1.29, 1.82) is 0 Å². The van der Waals surface area contributed by atoms with Gasteiger partial charge in [-0.1, -0.05) is 36.4 Å². The second-order valence-electron chi connectivity index (χ2n) is 7.96. The van der Waals surface area contributed by atoms with Crippen LogP contribution in [-0.4, -0.2) is 20.6 Å². The molecular weight excluding hydrogens is 408 g/mol. The molecule has 0 heterocycles. The summed E-state index contributed by atoms with van der Waals surface area (Å²) in [4.78, 5) is 12.7. The van der Waals surface area contributed by atoms with E-state index in [-0.39, 0.29) is 12.5 Å². The van der Waals surface area contributed by atoms with Crippen molar-refractivity contribution in [1.82, 2.24) is 0 Å². The third-order valence-corrected chi connectivity index (χ3v) is 6.56. The zero-order chi connectivity index (χ0) is 22.8. The lowest BCUT2D eigenvalue weighted by atomic mass is 10.1. The topological polar surface area (TPSA) is 66.5 Å². The second-order valence-corrected chi connectivity index (χ2v) is 9.86. The van der Waals surface area contributed by atoms with Gasteiger partial charge >= 0.3 is 0 Å². The molecule has 0 aliphatic heterocycles. The number of amides is 1. The number of hydrogen-bond acceptors (Lipinski definition) is 3. The highest BCUT2D eigenvalue weighted by molar-refractivity contribution is 7.92. The largest absolute Gasteiger partial charge is 0.322 e. The van der Waals surface area contributed by atoms with Gasteiger partial charge in [0.05, 0.1) is 18.5 Å². The molecule has 0 aromatic heterocycles. The summed E-state index contributed by atoms with van der Waals surface area (Å²) in [6.07, 6.45) is 1.21. The molecule has 0 bridgehead atoms. The second kappa shape index (κ2) is 8.94. The molecule has 0 radical (unpaired) electrons. The van der Waals surface area contributed by atoms with Crippen LogP contribution < -0.4 is 9.62 Å². The minimum absolute atomic E-state index is 0.196. The molecule has 0 aliphatic carbocycles. The summed E-state index contributed by atoms with van der Waals surface area (Å²) < 4.78 is 26.4. The number of carbonyl (C=O) groups is 1. The minimum atomic E-state index is -3.48. The summed E-state index contributed by atoms with van der Waals surface area (Å²) >= 11 is 0. The number of sulfonamides is 1. The number of anilines is 2. The first kappa shape index (κ1) is 22.6. The van der Waals surface area contributed by atoms with Crippen LogP contribution in [0.3, 0.4) is 0 Å². The van der Waals surface area contributed by atoms with Crippen molar-refractivity contribution in [2.45, 2.75) is 34.2 Å². The van der Waals surface area contributed by atoms with Crippen LogP contribution in [0.1, 0.15) is 38.2 Å². The van der Waals surface area contributed by atoms with E-state index >= 15 is 0 Å². The van der Waals surface area contributed by atoms with Crippen molar-refractivity contribution in [2.75, 3.05) is 15.9 Å². The molecule has 31 heavy (non-hydrogen) atoms. The van der Waals surface area contributed by atoms with Crippen LogP contribution in [0.5, 0.6) is 0 Å². The molecular formula is C25H28N2O3S. The van der Waals surface area contributed by atoms with Crippen LogP contribution in [0, 0.1) is 27.7 Å². The van der Waals surface area contributed by atoms with Gasteiger partial charge < -0.3 is 5.32 Å². The fourth-order valence-electron chi connectivity index (χ4n) is 3.38. The number of carbonyl (C=O) groups excluding carboxylic acids is 1. The molecule has 0 spiro atoms. The van der Waals surface area contributed by atoms with E-state index in [1.807, 2.05) is 64.1 Å². The third kappa shape index (κ3) is 5.33. The lowest BCUT2D eigenvalue weighted by Gasteiger charge is -2.25. The Morgan fingerprint density at radius 1 is 0.903 bits per heavy atom. The first-order valence-electron chi connectivity index (χ1n) is 10.1. The highest BCUT2D eigenvalue weighted by atomic mass is 32.2. The Balaban J connectivity index is 1.82. The van der Waals surface area contributed by atoms with Gasteiger partial charge in [0.25, 0.3) is 5.91 Å². The Morgan fingerprint density at radius 3 is 2.23 bits per heavy atom. The molecule has 5 nitrogen and oxygen atoms in total. The van der Waals surface area contributed by atoms with Gasteiger partial charge in [0, 0.05) is 11.3 Å². The average Bonchev–Trinajstić information content (AvgIpc) is 2.71. The first-order chi connectivity index (χ1) is 14.6. The molecule has 3 aromatic carbocycles. The minimum Gasteiger partial charge on any atom is -0.322 e. The Labute approximate surface area is 184 Å². The van der Waals surface area contributed by atoms with Gasteiger partial charge in [-0.05, 0) is 79.8 Å². The Hall–Kier alpha value is -3.12. The van der Waals surface area contributed by atoms with E-state index in [1.54, 1.807) is 24.3 Å². The Bertz CT molecular complexity index is 1220. The van der Waals surface area contributed by atoms with Gasteiger partial charge in [0.15, 0.2) is 0 Å². The van der Waals surface area contributed by atoms with Crippen LogP contribution in [0.15, 0.2) is 60.7 Å². The highest BCUT2D eigenvalue weighted by Crippen LogP contribution is 2.26. The SMILES string of the molecule is Cc1ccc(C)c(N(Cc2ccc(C(=O)Nc3cccc(C)c3C)cc2)S(C)(=O)=O)c1. The molecule has 1 N–H and O–H groups in total. The molecule has 3 rings (SSSR count). The summed E-state index contributed by atoms with van der Waals surface area (Å²) in [7, 11) is -3.48. The van der Waals surface area contributed by atoms with Crippen molar-refractivity contribution in [3.8, 4) is 0 Å². The molecule has 6 heteroatoms. The number of rotatable bonds is 6. The lowest BCUT2D eigenvalue weighted by molar-refractivity contribution is 0.102. The summed E-state index contributed by atoms with van der Waals surface area (Å²) in [6, 6.07) is 18.6. The van der Waals surface area contributed by atoms with Gasteiger partial charge in [-0.3, -0.25) is 9.10 Å². The third-order valence-electron chi connectivity index (χ3n) is 5.43. The highest BCUT2D eigenvalue weighted by Gasteiger charge is 2.20. The molecule has 3 aromatic rings. The van der Waals surface area contributed by atoms with E-state index in [0.717, 1.165) is 33.5 Å². The number of nitrogens with zero attached hydrogens (tertiary/aromatic N) is 1. The van der Waals surface area contributed by atoms with E-state index < -0.39 is 10.0 Å². The van der Waals surface area contributed by atoms with Crippen molar-refractivity contribution in [2.24, 2.45) is 0 Å². The smallest absolute Gasteiger partial charge is 0.255 e. The van der Waals surface area contributed by atoms with Crippen LogP contribution in [-0.2, 0) is 16.6 Å². The fraction of sp³-hybridized carbons (Fsp3) is 0.240. The van der Waals surface area contributed by atoms with Crippen LogP contribution in [0.2, 0.25) is 0 Å². The molecule has 0 atom stereocenters. The van der Waals surface area contributed by atoms with Gasteiger partial charge in [-0.15, -0.1) is 0 Å². The molecule has 0 saturated carbocycles. The summed E-state index contributed by atoms with van der Waals surface area (Å²) in [6.45, 7) is 8.01. The van der Waals surface area contributed by atoms with E-state index in [0.29, 0.717) is 11.3 Å². The fourth-order valence-corrected chi connectivity index (χ4v) is 4.32. The van der Waals surface area contributed by atoms with Crippen LogP contribution >= 0.6 is 0 Å². The van der Waals surface area contributed by atoms with Crippen molar-refractivity contribution < 1.29 is 13.2 Å². The predicted molar refractivity (Wildman–Crippen MR) is 127 cm³/mol. The van der Waals surface area contributed by atoms with Gasteiger partial charge in [-0.2, -0.15) is 0 Å². The van der Waals surface area contributed by atoms with Crippen molar-refractivity contribution in [3.05, 3.63) is 94.0 Å². The standard InChI is InChI=1S/C25H28N2O3S/c1-17-9-10-19(3)24(15-17)27(31(5,29)30)16-21-11-13-22(14-12-21)25(28)26-23-8-6-7-18(2)20(23)4/h6-15H,16H2,1-5H3,(H,26,28). The molecule has 0 aliphatic rings. The first-order valence-corrected chi connectivity index (χ1v) is 11.9. The van der Waals surface area contributed by atoms with E-state index in [2.05, 4.69) is 5.32 Å². The average molecular weight is 437 g/mol. The number of aryl methyl sites for hydroxylation is 3. The Kier molecular flexibility index (Phi) is 6.51. The maximum absolute atomic E-state index is 12.7. The molecule has 0 saturated heterocycles. The monoisotopic (exact) mass is 436 g/mol.